The van der Waals surface area contributed by atoms with Crippen molar-refractivity contribution in [2.24, 2.45) is 17.8 Å². The molecule has 0 bridgehead atoms. The molecule has 2 aliphatic heterocycles. The van der Waals surface area contributed by atoms with Crippen molar-refractivity contribution in [2.45, 2.75) is 45.0 Å². The number of allylic oxidation sites excluding steroid dienone is 1. The molecule has 0 saturated carbocycles. The summed E-state index contributed by atoms with van der Waals surface area (Å²) in [6, 6.07) is 9.04. The summed E-state index contributed by atoms with van der Waals surface area (Å²) >= 11 is 2.05. The number of aliphatic hydroxyl groups is 1. The third-order valence-electron chi connectivity index (χ3n) is 8.62. The van der Waals surface area contributed by atoms with Crippen molar-refractivity contribution in [3.63, 3.8) is 0 Å². The fraction of sp³-hybridized carbons (Fsp3) is 0.400. The third kappa shape index (κ3) is 5.95. The number of nitro groups is 1. The van der Waals surface area contributed by atoms with Gasteiger partial charge in [0.2, 0.25) is 11.8 Å². The smallest absolute Gasteiger partial charge is 0.455 e. The average molecular weight is 702 g/mol. The van der Waals surface area contributed by atoms with Crippen molar-refractivity contribution in [3.05, 3.63) is 72.4 Å². The number of carbonyl (C=O) groups excluding carboxylic acids is 2. The normalized spacial score (nSPS) is 23.9. The quantitative estimate of drug-likeness (QED) is 0.0856. The number of benzene rings is 2. The van der Waals surface area contributed by atoms with Gasteiger partial charge < -0.3 is 24.6 Å². The van der Waals surface area contributed by atoms with E-state index in [-0.39, 0.29) is 36.5 Å². The standard InChI is InChI=1S/C30H32BIN2O9/c1-3-16(9-17-10-23(32)28(36)25(11-17)42-2)7-8-24-26-18(15-35)12-21-27(22(26)14-31(39)43-24)30(38)33(29(21)37)19-5-4-6-20(13-19)34(40)41/h4-6,9-11,13,21-22,24,27,35-36,39H,3,7-8,12,14-15H2,1-2H3/b16-9+/t21-,22+,24-,27-/m1/s1. The van der Waals surface area contributed by atoms with Crippen LogP contribution in [-0.4, -0.2) is 58.9 Å². The Bertz CT molecular complexity index is 1530. The Hall–Kier alpha value is -3.27. The highest BCUT2D eigenvalue weighted by atomic mass is 127. The lowest BCUT2D eigenvalue weighted by Crippen LogP contribution is -2.46. The number of anilines is 1. The number of hydrogen-bond donors (Lipinski definition) is 3. The Morgan fingerprint density at radius 2 is 2.02 bits per heavy atom. The highest BCUT2D eigenvalue weighted by molar-refractivity contribution is 14.1. The molecular weight excluding hydrogens is 670 g/mol. The molecule has 2 fully saturated rings. The van der Waals surface area contributed by atoms with Crippen LogP contribution in [-0.2, 0) is 14.2 Å². The first-order chi connectivity index (χ1) is 20.6. The van der Waals surface area contributed by atoms with Crippen LogP contribution in [0, 0.1) is 31.4 Å². The molecule has 2 aromatic carbocycles. The third-order valence-corrected chi connectivity index (χ3v) is 9.44. The minimum atomic E-state index is -1.16. The second-order valence-electron chi connectivity index (χ2n) is 11.0. The van der Waals surface area contributed by atoms with Gasteiger partial charge in [-0.2, -0.15) is 0 Å². The van der Waals surface area contributed by atoms with Crippen LogP contribution in [0.5, 0.6) is 11.5 Å². The van der Waals surface area contributed by atoms with Crippen molar-refractivity contribution in [1.82, 2.24) is 0 Å². The number of imide groups is 1. The van der Waals surface area contributed by atoms with Gasteiger partial charge in [-0.3, -0.25) is 19.7 Å². The number of aromatic hydroxyl groups is 1. The summed E-state index contributed by atoms with van der Waals surface area (Å²) in [5, 5.41) is 42.7. The molecule has 2 saturated heterocycles. The molecular formula is C30H32BIN2O9. The maximum absolute atomic E-state index is 13.8. The fourth-order valence-electron chi connectivity index (χ4n) is 6.65. The maximum atomic E-state index is 13.8. The number of rotatable bonds is 9. The first-order valence-corrected chi connectivity index (χ1v) is 15.2. The van der Waals surface area contributed by atoms with Crippen LogP contribution >= 0.6 is 22.6 Å². The summed E-state index contributed by atoms with van der Waals surface area (Å²) in [5.74, 6) is -2.51. The molecule has 226 valence electrons. The molecule has 4 atom stereocenters. The van der Waals surface area contributed by atoms with E-state index < -0.39 is 47.7 Å². The number of carbonyl (C=O) groups is 2. The largest absolute Gasteiger partial charge is 0.504 e. The number of halogens is 1. The van der Waals surface area contributed by atoms with Gasteiger partial charge in [0.25, 0.3) is 5.69 Å². The predicted molar refractivity (Wildman–Crippen MR) is 167 cm³/mol. The number of phenols is 1. The van der Waals surface area contributed by atoms with Gasteiger partial charge >= 0.3 is 7.12 Å². The molecule has 43 heavy (non-hydrogen) atoms. The molecule has 1 aliphatic carbocycles. The van der Waals surface area contributed by atoms with E-state index in [1.807, 2.05) is 41.7 Å². The van der Waals surface area contributed by atoms with E-state index in [1.54, 1.807) is 6.07 Å². The van der Waals surface area contributed by atoms with Crippen molar-refractivity contribution >= 4 is 59.0 Å². The molecule has 2 amide bonds. The van der Waals surface area contributed by atoms with E-state index in [1.165, 1.54) is 31.4 Å². The molecule has 13 heteroatoms. The number of aliphatic hydroxyl groups excluding tert-OH is 1. The molecule has 3 N–H and O–H groups in total. The zero-order valence-electron chi connectivity index (χ0n) is 23.7. The van der Waals surface area contributed by atoms with Gasteiger partial charge in [-0.15, -0.1) is 0 Å². The summed E-state index contributed by atoms with van der Waals surface area (Å²) < 4.78 is 11.9. The summed E-state index contributed by atoms with van der Waals surface area (Å²) in [7, 11) is 0.332. The Labute approximate surface area is 262 Å². The van der Waals surface area contributed by atoms with Crippen LogP contribution in [0.3, 0.4) is 0 Å². The highest BCUT2D eigenvalue weighted by Crippen LogP contribution is 2.51. The van der Waals surface area contributed by atoms with E-state index in [0.29, 0.717) is 27.7 Å². The van der Waals surface area contributed by atoms with Crippen LogP contribution in [0.15, 0.2) is 53.1 Å². The Kier molecular flexibility index (Phi) is 9.25. The molecule has 3 aliphatic rings. The summed E-state index contributed by atoms with van der Waals surface area (Å²) in [6.45, 7) is 1.72. The summed E-state index contributed by atoms with van der Waals surface area (Å²) in [6.07, 6.45) is 3.53. The molecule has 5 rings (SSSR count). The summed E-state index contributed by atoms with van der Waals surface area (Å²) in [5.41, 5.74) is 3.24. The topological polar surface area (TPSA) is 160 Å². The van der Waals surface area contributed by atoms with Gasteiger partial charge in [0.15, 0.2) is 11.5 Å². The van der Waals surface area contributed by atoms with Crippen LogP contribution < -0.4 is 9.64 Å². The monoisotopic (exact) mass is 702 g/mol. The minimum absolute atomic E-state index is 0.0806. The van der Waals surface area contributed by atoms with Gasteiger partial charge in [-0.05, 0) is 95.4 Å². The number of nitrogens with zero attached hydrogens (tertiary/aromatic N) is 2. The molecule has 0 radical (unpaired) electrons. The summed E-state index contributed by atoms with van der Waals surface area (Å²) in [4.78, 5) is 39.1. The SMILES string of the molecule is CC/C(=C\c1cc(I)c(O)c(OC)c1)CC[C@H]1OB(O)C[C@H]2C1=C(CO)C[C@H]1C(=O)N(c3cccc([N+](=O)[O-])c3)C(=O)[C@H]12. The number of non-ortho nitro benzene ring substituents is 1. The highest BCUT2D eigenvalue weighted by Gasteiger charge is 2.57. The zero-order valence-corrected chi connectivity index (χ0v) is 25.9. The number of phenolic OH excluding ortho intramolecular Hbond substituents is 1. The van der Waals surface area contributed by atoms with Gasteiger partial charge in [0.1, 0.15) is 0 Å². The van der Waals surface area contributed by atoms with Crippen LogP contribution in [0.25, 0.3) is 6.08 Å². The number of amides is 2. The second-order valence-corrected chi connectivity index (χ2v) is 12.2. The van der Waals surface area contributed by atoms with E-state index in [2.05, 4.69) is 0 Å². The fourth-order valence-corrected chi connectivity index (χ4v) is 7.27. The number of hydrogen-bond acceptors (Lipinski definition) is 9. The molecule has 0 aromatic heterocycles. The zero-order chi connectivity index (χ0) is 31.0. The van der Waals surface area contributed by atoms with E-state index in [0.717, 1.165) is 28.0 Å². The maximum Gasteiger partial charge on any atom is 0.455 e. The molecule has 2 aromatic rings. The number of ether oxygens (including phenoxy) is 1. The number of nitro benzene ring substituents is 1. The van der Waals surface area contributed by atoms with Crippen molar-refractivity contribution < 1.29 is 39.1 Å². The van der Waals surface area contributed by atoms with Crippen LogP contribution in [0.2, 0.25) is 6.32 Å². The first-order valence-electron chi connectivity index (χ1n) is 14.1. The van der Waals surface area contributed by atoms with Crippen molar-refractivity contribution in [1.29, 1.82) is 0 Å². The van der Waals surface area contributed by atoms with Gasteiger partial charge in [-0.1, -0.05) is 24.6 Å². The number of methoxy groups -OCH3 is 1. The van der Waals surface area contributed by atoms with Crippen LogP contribution in [0.1, 0.15) is 38.2 Å². The van der Waals surface area contributed by atoms with Gasteiger partial charge in [-0.25, -0.2) is 4.90 Å². The lowest BCUT2D eigenvalue weighted by molar-refractivity contribution is -0.384. The van der Waals surface area contributed by atoms with Crippen LogP contribution in [0.4, 0.5) is 11.4 Å². The first kappa shape index (κ1) is 31.2. The van der Waals surface area contributed by atoms with Crippen molar-refractivity contribution in [3.8, 4) is 11.5 Å². The van der Waals surface area contributed by atoms with E-state index in [4.69, 9.17) is 9.39 Å². The lowest BCUT2D eigenvalue weighted by Gasteiger charge is -2.43. The minimum Gasteiger partial charge on any atom is -0.504 e. The molecule has 0 unspecified atom stereocenters. The Morgan fingerprint density at radius 3 is 2.70 bits per heavy atom. The second kappa shape index (κ2) is 12.8. The lowest BCUT2D eigenvalue weighted by atomic mass is 9.58. The van der Waals surface area contributed by atoms with Gasteiger partial charge in [0.05, 0.1) is 45.8 Å². The average Bonchev–Trinajstić information content (AvgIpc) is 3.25. The van der Waals surface area contributed by atoms with Gasteiger partial charge in [0, 0.05) is 12.1 Å². The van der Waals surface area contributed by atoms with Crippen molar-refractivity contribution in [2.75, 3.05) is 18.6 Å². The molecule has 0 spiro atoms. The molecule has 11 nitrogen and oxygen atoms in total. The Morgan fingerprint density at radius 1 is 1.26 bits per heavy atom. The Balaban J connectivity index is 1.42. The van der Waals surface area contributed by atoms with E-state index in [9.17, 15) is 34.9 Å². The predicted octanol–water partition coefficient (Wildman–Crippen LogP) is 4.48. The molecule has 2 heterocycles. The van der Waals surface area contributed by atoms with E-state index >= 15 is 0 Å². The number of fused-ring (bicyclic) bond motifs is 3.